The van der Waals surface area contributed by atoms with E-state index in [1.807, 2.05) is 0 Å². The maximum atomic E-state index is 11.9. The molecule has 2 heterocycles. The van der Waals surface area contributed by atoms with Crippen LogP contribution in [0.4, 0.5) is 5.82 Å². The zero-order valence-electron chi connectivity index (χ0n) is 9.91. The first-order valence-electron chi connectivity index (χ1n) is 5.81. The first-order chi connectivity index (χ1) is 8.06. The molecule has 17 heavy (non-hydrogen) atoms. The van der Waals surface area contributed by atoms with Gasteiger partial charge in [0.25, 0.3) is 0 Å². The fraction of sp³-hybridized carbons (Fsp3) is 0.636. The number of nitrogens with zero attached hydrogens (tertiary/aromatic N) is 3. The molecule has 0 saturated carbocycles. The first-order valence-corrected chi connectivity index (χ1v) is 5.81. The van der Waals surface area contributed by atoms with E-state index in [0.29, 0.717) is 18.9 Å². The number of hydrogen-bond acceptors (Lipinski definition) is 4. The number of carbonyl (C=O) groups is 1. The minimum atomic E-state index is -0.354. The van der Waals surface area contributed by atoms with Gasteiger partial charge in [-0.3, -0.25) is 9.48 Å². The average molecular weight is 238 g/mol. The lowest BCUT2D eigenvalue weighted by atomic mass is 10.0. The normalized spacial score (nSPS) is 21.8. The minimum Gasteiger partial charge on any atom is -0.393 e. The van der Waals surface area contributed by atoms with Gasteiger partial charge >= 0.3 is 0 Å². The van der Waals surface area contributed by atoms with Crippen molar-refractivity contribution < 1.29 is 9.90 Å². The summed E-state index contributed by atoms with van der Waals surface area (Å²) in [5.41, 5.74) is 5.48. The largest absolute Gasteiger partial charge is 0.393 e. The Labute approximate surface area is 100 Å². The summed E-state index contributed by atoms with van der Waals surface area (Å²) in [6, 6.07) is 1.66. The van der Waals surface area contributed by atoms with Crippen molar-refractivity contribution in [3.8, 4) is 0 Å². The summed E-state index contributed by atoms with van der Waals surface area (Å²) in [5.74, 6) is 0.638. The Morgan fingerprint density at radius 1 is 1.76 bits per heavy atom. The Bertz CT molecular complexity index is 402. The van der Waals surface area contributed by atoms with Crippen molar-refractivity contribution in [3.05, 3.63) is 12.3 Å². The quantitative estimate of drug-likeness (QED) is 0.757. The number of aliphatic hydroxyl groups excluding tert-OH is 1. The number of hydrogen-bond donors (Lipinski definition) is 2. The van der Waals surface area contributed by atoms with E-state index in [1.54, 1.807) is 24.1 Å². The van der Waals surface area contributed by atoms with Crippen LogP contribution in [-0.2, 0) is 11.3 Å². The summed E-state index contributed by atoms with van der Waals surface area (Å²) in [6.07, 6.45) is 2.20. The molecular weight excluding hydrogens is 220 g/mol. The standard InChI is InChI=1S/C11H18N4O2/c1-8(16)9-2-4-14(6-9)11(17)7-15-5-3-10(12)13-15/h3,5,8-9,16H,2,4,6-7H2,1H3,(H2,12,13). The number of amides is 1. The van der Waals surface area contributed by atoms with Crippen molar-refractivity contribution in [1.82, 2.24) is 14.7 Å². The van der Waals surface area contributed by atoms with E-state index >= 15 is 0 Å². The van der Waals surface area contributed by atoms with E-state index in [-0.39, 0.29) is 24.5 Å². The smallest absolute Gasteiger partial charge is 0.244 e. The van der Waals surface area contributed by atoms with E-state index < -0.39 is 0 Å². The fourth-order valence-corrected chi connectivity index (χ4v) is 2.11. The SMILES string of the molecule is CC(O)C1CCN(C(=O)Cn2ccc(N)n2)C1. The molecule has 1 amide bonds. The molecule has 94 valence electrons. The molecule has 1 aliphatic heterocycles. The number of carbonyl (C=O) groups excluding carboxylic acids is 1. The lowest BCUT2D eigenvalue weighted by Crippen LogP contribution is -2.33. The highest BCUT2D eigenvalue weighted by molar-refractivity contribution is 5.76. The molecule has 0 radical (unpaired) electrons. The van der Waals surface area contributed by atoms with Gasteiger partial charge in [0.15, 0.2) is 0 Å². The third kappa shape index (κ3) is 2.76. The summed E-state index contributed by atoms with van der Waals surface area (Å²) in [7, 11) is 0. The number of rotatable bonds is 3. The number of aliphatic hydroxyl groups is 1. The van der Waals surface area contributed by atoms with Gasteiger partial charge in [0, 0.05) is 25.2 Å². The highest BCUT2D eigenvalue weighted by Crippen LogP contribution is 2.19. The molecule has 2 rings (SSSR count). The van der Waals surface area contributed by atoms with Crippen LogP contribution in [0.1, 0.15) is 13.3 Å². The van der Waals surface area contributed by atoms with Gasteiger partial charge in [0.1, 0.15) is 12.4 Å². The van der Waals surface area contributed by atoms with Crippen molar-refractivity contribution in [1.29, 1.82) is 0 Å². The van der Waals surface area contributed by atoms with Crippen LogP contribution >= 0.6 is 0 Å². The van der Waals surface area contributed by atoms with Crippen molar-refractivity contribution >= 4 is 11.7 Å². The molecule has 1 aromatic heterocycles. The second-order valence-corrected chi connectivity index (χ2v) is 4.57. The van der Waals surface area contributed by atoms with E-state index in [1.165, 1.54) is 4.68 Å². The first kappa shape index (κ1) is 11.9. The van der Waals surface area contributed by atoms with Gasteiger partial charge in [-0.2, -0.15) is 5.10 Å². The Kier molecular flexibility index (Phi) is 3.33. The fourth-order valence-electron chi connectivity index (χ4n) is 2.11. The molecule has 1 aromatic rings. The summed E-state index contributed by atoms with van der Waals surface area (Å²) in [5, 5.41) is 13.4. The van der Waals surface area contributed by atoms with Gasteiger partial charge in [0.05, 0.1) is 6.10 Å². The zero-order valence-corrected chi connectivity index (χ0v) is 9.91. The van der Waals surface area contributed by atoms with Crippen molar-refractivity contribution in [2.45, 2.75) is 26.0 Å². The Hall–Kier alpha value is -1.56. The van der Waals surface area contributed by atoms with E-state index in [2.05, 4.69) is 5.10 Å². The Balaban J connectivity index is 1.89. The molecule has 2 atom stereocenters. The third-order valence-corrected chi connectivity index (χ3v) is 3.22. The molecular formula is C11H18N4O2. The van der Waals surface area contributed by atoms with Crippen molar-refractivity contribution in [2.24, 2.45) is 5.92 Å². The van der Waals surface area contributed by atoms with Gasteiger partial charge < -0.3 is 15.7 Å². The highest BCUT2D eigenvalue weighted by atomic mass is 16.3. The Morgan fingerprint density at radius 3 is 3.06 bits per heavy atom. The van der Waals surface area contributed by atoms with Crippen LogP contribution in [0.2, 0.25) is 0 Å². The summed E-state index contributed by atoms with van der Waals surface area (Å²) >= 11 is 0. The molecule has 0 spiro atoms. The lowest BCUT2D eigenvalue weighted by molar-refractivity contribution is -0.131. The molecule has 1 aliphatic rings. The van der Waals surface area contributed by atoms with E-state index in [0.717, 1.165) is 6.42 Å². The Morgan fingerprint density at radius 2 is 2.53 bits per heavy atom. The van der Waals surface area contributed by atoms with E-state index in [9.17, 15) is 9.90 Å². The van der Waals surface area contributed by atoms with Gasteiger partial charge in [-0.25, -0.2) is 0 Å². The van der Waals surface area contributed by atoms with Crippen LogP contribution < -0.4 is 5.73 Å². The third-order valence-electron chi connectivity index (χ3n) is 3.22. The molecule has 3 N–H and O–H groups in total. The number of likely N-dealkylation sites (tertiary alicyclic amines) is 1. The molecule has 0 aromatic carbocycles. The van der Waals surface area contributed by atoms with Gasteiger partial charge in [-0.1, -0.05) is 0 Å². The summed E-state index contributed by atoms with van der Waals surface area (Å²) in [4.78, 5) is 13.7. The predicted molar refractivity (Wildman–Crippen MR) is 63.0 cm³/mol. The van der Waals surface area contributed by atoms with Gasteiger partial charge in [-0.05, 0) is 19.4 Å². The van der Waals surface area contributed by atoms with Crippen molar-refractivity contribution in [2.75, 3.05) is 18.8 Å². The number of nitrogen functional groups attached to an aromatic ring is 1. The predicted octanol–water partition coefficient (Wildman–Crippen LogP) is -0.305. The number of aromatic nitrogens is 2. The highest BCUT2D eigenvalue weighted by Gasteiger charge is 2.28. The van der Waals surface area contributed by atoms with Crippen molar-refractivity contribution in [3.63, 3.8) is 0 Å². The number of anilines is 1. The molecule has 0 aliphatic carbocycles. The molecule has 2 unspecified atom stereocenters. The summed E-state index contributed by atoms with van der Waals surface area (Å²) < 4.78 is 1.54. The maximum absolute atomic E-state index is 11.9. The zero-order chi connectivity index (χ0) is 12.4. The van der Waals surface area contributed by atoms with Crippen LogP contribution in [0.3, 0.4) is 0 Å². The van der Waals surface area contributed by atoms with Gasteiger partial charge in [-0.15, -0.1) is 0 Å². The topological polar surface area (TPSA) is 84.4 Å². The maximum Gasteiger partial charge on any atom is 0.244 e. The molecule has 1 fully saturated rings. The molecule has 1 saturated heterocycles. The van der Waals surface area contributed by atoms with E-state index in [4.69, 9.17) is 5.73 Å². The van der Waals surface area contributed by atoms with Crippen LogP contribution in [0, 0.1) is 5.92 Å². The van der Waals surface area contributed by atoms with Crippen LogP contribution in [0.5, 0.6) is 0 Å². The van der Waals surface area contributed by atoms with Crippen LogP contribution in [0.25, 0.3) is 0 Å². The van der Waals surface area contributed by atoms with Crippen LogP contribution in [-0.4, -0.2) is 44.9 Å². The van der Waals surface area contributed by atoms with Gasteiger partial charge in [0.2, 0.25) is 5.91 Å². The minimum absolute atomic E-state index is 0.0243. The van der Waals surface area contributed by atoms with Crippen LogP contribution in [0.15, 0.2) is 12.3 Å². The number of nitrogens with two attached hydrogens (primary N) is 1. The second kappa shape index (κ2) is 4.75. The lowest BCUT2D eigenvalue weighted by Gasteiger charge is -2.17. The average Bonchev–Trinajstić information content (AvgIpc) is 2.86. The molecule has 0 bridgehead atoms. The second-order valence-electron chi connectivity index (χ2n) is 4.57. The molecule has 6 heteroatoms. The monoisotopic (exact) mass is 238 g/mol. The molecule has 6 nitrogen and oxygen atoms in total. The summed E-state index contributed by atoms with van der Waals surface area (Å²) in [6.45, 7) is 3.33.